The lowest BCUT2D eigenvalue weighted by Gasteiger charge is -2.32. The number of hydrogen-bond donors (Lipinski definition) is 0. The van der Waals surface area contributed by atoms with Crippen LogP contribution in [0.1, 0.15) is 73.3 Å². The van der Waals surface area contributed by atoms with Crippen LogP contribution in [0.25, 0.3) is 0 Å². The predicted octanol–water partition coefficient (Wildman–Crippen LogP) is 4.35. The third-order valence-corrected chi connectivity index (χ3v) is 5.60. The Balaban J connectivity index is 2.14. The fourth-order valence-electron chi connectivity index (χ4n) is 3.15. The van der Waals surface area contributed by atoms with Crippen LogP contribution < -0.4 is 5.46 Å². The van der Waals surface area contributed by atoms with Gasteiger partial charge in [0.15, 0.2) is 0 Å². The molecule has 0 aromatic heterocycles. The Morgan fingerprint density at radius 3 is 2.25 bits per heavy atom. The molecule has 2 rings (SSSR count). The van der Waals surface area contributed by atoms with Crippen molar-refractivity contribution in [1.82, 2.24) is 4.90 Å². The first-order chi connectivity index (χ1) is 12.8. The lowest BCUT2D eigenvalue weighted by Crippen LogP contribution is -2.41. The zero-order chi connectivity index (χ0) is 21.3. The minimum Gasteiger partial charge on any atom is -0.444 e. The van der Waals surface area contributed by atoms with Crippen LogP contribution in [0, 0.1) is 0 Å². The molecule has 1 aromatic carbocycles. The third kappa shape index (κ3) is 5.29. The van der Waals surface area contributed by atoms with Crippen molar-refractivity contribution in [3.63, 3.8) is 0 Å². The Morgan fingerprint density at radius 1 is 1.18 bits per heavy atom. The summed E-state index contributed by atoms with van der Waals surface area (Å²) in [6.45, 7) is 16.6. The summed E-state index contributed by atoms with van der Waals surface area (Å²) in [7, 11) is 1.40. The molecule has 0 spiro atoms. The molecule has 1 aliphatic rings. The van der Waals surface area contributed by atoms with Crippen molar-refractivity contribution in [2.75, 3.05) is 13.6 Å². The fourth-order valence-corrected chi connectivity index (χ4v) is 3.15. The molecule has 0 N–H and O–H groups in total. The third-order valence-electron chi connectivity index (χ3n) is 5.60. The van der Waals surface area contributed by atoms with E-state index >= 15 is 0 Å². The van der Waals surface area contributed by atoms with E-state index in [0.717, 1.165) is 11.9 Å². The Bertz CT molecular complexity index is 680. The van der Waals surface area contributed by atoms with Gasteiger partial charge in [-0.25, -0.2) is 4.79 Å². The Hall–Kier alpha value is -1.53. The second-order valence-electron chi connectivity index (χ2n) is 9.72. The minimum atomic E-state index is -0.496. The number of likely N-dealkylation sites (N-methyl/N-ethyl adjacent to an activating group) is 1. The minimum absolute atomic E-state index is 0.208. The monoisotopic (exact) mass is 389 g/mol. The molecule has 0 aliphatic carbocycles. The first-order valence-corrected chi connectivity index (χ1v) is 10.2. The van der Waals surface area contributed by atoms with Crippen molar-refractivity contribution >= 4 is 18.7 Å². The summed E-state index contributed by atoms with van der Waals surface area (Å²) >= 11 is 0. The van der Waals surface area contributed by atoms with E-state index in [1.165, 1.54) is 5.56 Å². The molecule has 1 aliphatic heterocycles. The van der Waals surface area contributed by atoms with Crippen LogP contribution >= 0.6 is 0 Å². The molecule has 0 saturated carbocycles. The van der Waals surface area contributed by atoms with E-state index in [-0.39, 0.29) is 30.3 Å². The quantitative estimate of drug-likeness (QED) is 0.703. The van der Waals surface area contributed by atoms with Gasteiger partial charge in [-0.15, -0.1) is 0 Å². The molecule has 0 radical (unpaired) electrons. The predicted molar refractivity (Wildman–Crippen MR) is 114 cm³/mol. The average Bonchev–Trinajstić information content (AvgIpc) is 2.79. The second kappa shape index (κ2) is 8.07. The highest BCUT2D eigenvalue weighted by Gasteiger charge is 2.51. The van der Waals surface area contributed by atoms with Crippen molar-refractivity contribution in [2.24, 2.45) is 0 Å². The first kappa shape index (κ1) is 22.8. The molecular weight excluding hydrogens is 353 g/mol. The molecule has 1 saturated heterocycles. The number of hydrogen-bond acceptors (Lipinski definition) is 4. The van der Waals surface area contributed by atoms with Gasteiger partial charge in [-0.1, -0.05) is 31.2 Å². The molecule has 0 bridgehead atoms. The zero-order valence-corrected chi connectivity index (χ0v) is 19.0. The van der Waals surface area contributed by atoms with Crippen LogP contribution in [0.2, 0.25) is 0 Å². The van der Waals surface area contributed by atoms with Gasteiger partial charge in [0.1, 0.15) is 5.60 Å². The van der Waals surface area contributed by atoms with Gasteiger partial charge < -0.3 is 18.9 Å². The van der Waals surface area contributed by atoms with E-state index in [1.807, 2.05) is 32.9 Å². The summed E-state index contributed by atoms with van der Waals surface area (Å²) in [6.07, 6.45) is 0.619. The Kier molecular flexibility index (Phi) is 6.56. The van der Waals surface area contributed by atoms with Crippen LogP contribution in [0.4, 0.5) is 4.79 Å². The number of carbonyl (C=O) groups is 1. The molecule has 1 fully saturated rings. The fraction of sp³-hybridized carbons (Fsp3) is 0.682. The summed E-state index contributed by atoms with van der Waals surface area (Å²) in [5.41, 5.74) is 0.951. The zero-order valence-electron chi connectivity index (χ0n) is 19.0. The maximum Gasteiger partial charge on any atom is 0.494 e. The van der Waals surface area contributed by atoms with E-state index in [1.54, 1.807) is 11.9 Å². The van der Waals surface area contributed by atoms with Gasteiger partial charge in [-0.2, -0.15) is 0 Å². The highest BCUT2D eigenvalue weighted by Crippen LogP contribution is 2.36. The largest absolute Gasteiger partial charge is 0.494 e. The van der Waals surface area contributed by atoms with Crippen LogP contribution in [-0.2, 0) is 14.0 Å². The molecule has 1 aromatic rings. The Labute approximate surface area is 170 Å². The van der Waals surface area contributed by atoms with E-state index in [0.29, 0.717) is 6.54 Å². The van der Waals surface area contributed by atoms with Gasteiger partial charge in [-0.3, -0.25) is 0 Å². The molecule has 28 heavy (non-hydrogen) atoms. The Morgan fingerprint density at radius 2 is 1.75 bits per heavy atom. The van der Waals surface area contributed by atoms with Crippen LogP contribution in [0.5, 0.6) is 0 Å². The normalized spacial score (nSPS) is 19.4. The van der Waals surface area contributed by atoms with Crippen molar-refractivity contribution in [2.45, 2.75) is 84.5 Å². The van der Waals surface area contributed by atoms with E-state index in [2.05, 4.69) is 46.8 Å². The summed E-state index contributed by atoms with van der Waals surface area (Å²) in [6, 6.07) is 8.31. The number of carbonyl (C=O) groups excluding carboxylic acids is 1. The number of ether oxygens (including phenoxy) is 1. The van der Waals surface area contributed by atoms with Crippen LogP contribution in [0.3, 0.4) is 0 Å². The number of benzene rings is 1. The molecule has 1 amide bonds. The average molecular weight is 389 g/mol. The molecule has 1 heterocycles. The van der Waals surface area contributed by atoms with Gasteiger partial charge in [-0.05, 0) is 65.9 Å². The number of rotatable bonds is 5. The van der Waals surface area contributed by atoms with Crippen molar-refractivity contribution in [1.29, 1.82) is 0 Å². The number of amides is 1. The van der Waals surface area contributed by atoms with E-state index in [4.69, 9.17) is 14.0 Å². The molecular formula is C22H36BNO4. The molecule has 1 unspecified atom stereocenters. The van der Waals surface area contributed by atoms with Crippen molar-refractivity contribution in [3.05, 3.63) is 29.8 Å². The van der Waals surface area contributed by atoms with Crippen molar-refractivity contribution < 1.29 is 18.8 Å². The summed E-state index contributed by atoms with van der Waals surface area (Å²) in [4.78, 5) is 14.0. The lowest BCUT2D eigenvalue weighted by atomic mass is 9.77. The number of nitrogens with zero attached hydrogens (tertiary/aromatic N) is 1. The maximum absolute atomic E-state index is 12.3. The first-order valence-electron chi connectivity index (χ1n) is 10.2. The molecule has 156 valence electrons. The van der Waals surface area contributed by atoms with E-state index < -0.39 is 5.60 Å². The molecule has 5 nitrogen and oxygen atoms in total. The topological polar surface area (TPSA) is 48.0 Å². The summed E-state index contributed by atoms with van der Waals surface area (Å²) in [5.74, 6) is 0.208. The second-order valence-corrected chi connectivity index (χ2v) is 9.72. The molecule has 6 heteroatoms. The van der Waals surface area contributed by atoms with Crippen LogP contribution in [-0.4, -0.2) is 48.5 Å². The maximum atomic E-state index is 12.3. The van der Waals surface area contributed by atoms with Gasteiger partial charge in [0, 0.05) is 19.5 Å². The standard InChI is InChI=1S/C22H36BNO4/c1-10-16(15-24(9)19(25)26-20(2,3)4)17-12-11-13-18(14-17)23-27-21(5,6)22(7,8)28-23/h11-14,16H,10,15H2,1-9H3. The van der Waals surface area contributed by atoms with Gasteiger partial charge in [0.2, 0.25) is 0 Å². The smallest absolute Gasteiger partial charge is 0.444 e. The molecule has 1 atom stereocenters. The SMILES string of the molecule is CCC(CN(C)C(=O)OC(C)(C)C)c1cccc(B2OC(C)(C)C(C)(C)O2)c1. The highest BCUT2D eigenvalue weighted by atomic mass is 16.7. The van der Waals surface area contributed by atoms with Crippen LogP contribution in [0.15, 0.2) is 24.3 Å². The van der Waals surface area contributed by atoms with Gasteiger partial charge in [0.25, 0.3) is 0 Å². The lowest BCUT2D eigenvalue weighted by molar-refractivity contribution is 0.00578. The van der Waals surface area contributed by atoms with Crippen molar-refractivity contribution in [3.8, 4) is 0 Å². The highest BCUT2D eigenvalue weighted by molar-refractivity contribution is 6.62. The summed E-state index contributed by atoms with van der Waals surface area (Å²) in [5, 5.41) is 0. The van der Waals surface area contributed by atoms with E-state index in [9.17, 15) is 4.79 Å². The van der Waals surface area contributed by atoms with Gasteiger partial charge in [0.05, 0.1) is 11.2 Å². The van der Waals surface area contributed by atoms with Gasteiger partial charge >= 0.3 is 13.2 Å². The summed E-state index contributed by atoms with van der Waals surface area (Å²) < 4.78 is 17.9.